The average Bonchev–Trinajstić information content (AvgIpc) is 2.88. The van der Waals surface area contributed by atoms with Gasteiger partial charge in [-0.1, -0.05) is 29.3 Å². The standard InChI is InChI=1S/C18H18N2OS/c1-12-9-13(2)11-14(10-12)18(21)19-8-7-17-20-15-5-3-4-6-16(15)22-17/h3-6,9-11H,7-8H2,1-2H3,(H,19,21). The van der Waals surface area contributed by atoms with Gasteiger partial charge in [-0.05, 0) is 38.1 Å². The van der Waals surface area contributed by atoms with Crippen LogP contribution in [0.5, 0.6) is 0 Å². The number of nitrogens with zero attached hydrogens (tertiary/aromatic N) is 1. The van der Waals surface area contributed by atoms with Crippen molar-refractivity contribution in [2.45, 2.75) is 20.3 Å². The molecular formula is C18H18N2OS. The van der Waals surface area contributed by atoms with Crippen LogP contribution in [0.1, 0.15) is 26.5 Å². The molecular weight excluding hydrogens is 292 g/mol. The fourth-order valence-electron chi connectivity index (χ4n) is 2.52. The number of thiazole rings is 1. The van der Waals surface area contributed by atoms with Crippen molar-refractivity contribution in [2.24, 2.45) is 0 Å². The van der Waals surface area contributed by atoms with Gasteiger partial charge in [0.15, 0.2) is 0 Å². The maximum Gasteiger partial charge on any atom is 0.251 e. The van der Waals surface area contributed by atoms with Gasteiger partial charge in [0.1, 0.15) is 0 Å². The van der Waals surface area contributed by atoms with E-state index in [1.807, 2.05) is 44.2 Å². The van der Waals surface area contributed by atoms with Crippen molar-refractivity contribution < 1.29 is 4.79 Å². The summed E-state index contributed by atoms with van der Waals surface area (Å²) in [5.41, 5.74) is 3.97. The number of amides is 1. The molecule has 1 N–H and O–H groups in total. The summed E-state index contributed by atoms with van der Waals surface area (Å²) in [5, 5.41) is 4.03. The third kappa shape index (κ3) is 3.34. The van der Waals surface area contributed by atoms with Crippen LogP contribution in [0.4, 0.5) is 0 Å². The Morgan fingerprint density at radius 1 is 1.14 bits per heavy atom. The lowest BCUT2D eigenvalue weighted by atomic mass is 10.1. The third-order valence-electron chi connectivity index (χ3n) is 3.45. The number of benzene rings is 2. The molecule has 3 rings (SSSR count). The maximum absolute atomic E-state index is 12.2. The summed E-state index contributed by atoms with van der Waals surface area (Å²) >= 11 is 1.69. The minimum atomic E-state index is -0.0205. The van der Waals surface area contributed by atoms with Crippen molar-refractivity contribution in [1.82, 2.24) is 10.3 Å². The summed E-state index contributed by atoms with van der Waals surface area (Å²) in [4.78, 5) is 16.8. The topological polar surface area (TPSA) is 42.0 Å². The first-order chi connectivity index (χ1) is 10.6. The van der Waals surface area contributed by atoms with Crippen LogP contribution >= 0.6 is 11.3 Å². The molecule has 0 saturated heterocycles. The predicted molar refractivity (Wildman–Crippen MR) is 91.6 cm³/mol. The molecule has 0 aliphatic rings. The van der Waals surface area contributed by atoms with Crippen LogP contribution in [0.2, 0.25) is 0 Å². The van der Waals surface area contributed by atoms with Crippen molar-refractivity contribution in [3.05, 3.63) is 64.2 Å². The molecule has 112 valence electrons. The Morgan fingerprint density at radius 2 is 1.86 bits per heavy atom. The van der Waals surface area contributed by atoms with Gasteiger partial charge < -0.3 is 5.32 Å². The Hall–Kier alpha value is -2.20. The van der Waals surface area contributed by atoms with E-state index in [2.05, 4.69) is 22.4 Å². The predicted octanol–water partition coefficient (Wildman–Crippen LogP) is 3.89. The molecule has 0 unspecified atom stereocenters. The van der Waals surface area contributed by atoms with Gasteiger partial charge in [-0.25, -0.2) is 4.98 Å². The first-order valence-electron chi connectivity index (χ1n) is 7.33. The highest BCUT2D eigenvalue weighted by Crippen LogP contribution is 2.21. The number of aryl methyl sites for hydroxylation is 2. The van der Waals surface area contributed by atoms with Crippen LogP contribution in [0, 0.1) is 13.8 Å². The number of aromatic nitrogens is 1. The van der Waals surface area contributed by atoms with E-state index in [-0.39, 0.29) is 5.91 Å². The molecule has 3 aromatic rings. The highest BCUT2D eigenvalue weighted by molar-refractivity contribution is 7.18. The molecule has 0 atom stereocenters. The number of para-hydroxylation sites is 1. The Balaban J connectivity index is 1.61. The van der Waals surface area contributed by atoms with Crippen LogP contribution in [0.15, 0.2) is 42.5 Å². The summed E-state index contributed by atoms with van der Waals surface area (Å²) in [6, 6.07) is 14.0. The van der Waals surface area contributed by atoms with E-state index < -0.39 is 0 Å². The molecule has 22 heavy (non-hydrogen) atoms. The minimum Gasteiger partial charge on any atom is -0.352 e. The zero-order valence-corrected chi connectivity index (χ0v) is 13.5. The molecule has 4 heteroatoms. The van der Waals surface area contributed by atoms with E-state index in [0.717, 1.165) is 33.6 Å². The Kier molecular flexibility index (Phi) is 4.20. The number of carbonyl (C=O) groups excluding carboxylic acids is 1. The number of rotatable bonds is 4. The second-order valence-electron chi connectivity index (χ2n) is 5.46. The van der Waals surface area contributed by atoms with Crippen LogP contribution in [0.3, 0.4) is 0 Å². The lowest BCUT2D eigenvalue weighted by Gasteiger charge is -2.06. The van der Waals surface area contributed by atoms with Crippen molar-refractivity contribution in [1.29, 1.82) is 0 Å². The SMILES string of the molecule is Cc1cc(C)cc(C(=O)NCCc2nc3ccccc3s2)c1. The third-order valence-corrected chi connectivity index (χ3v) is 4.54. The summed E-state index contributed by atoms with van der Waals surface area (Å²) in [6.45, 7) is 4.61. The van der Waals surface area contributed by atoms with Crippen LogP contribution in [0.25, 0.3) is 10.2 Å². The van der Waals surface area contributed by atoms with Crippen LogP contribution in [-0.4, -0.2) is 17.4 Å². The van der Waals surface area contributed by atoms with E-state index in [9.17, 15) is 4.79 Å². The Bertz CT molecular complexity index is 770. The van der Waals surface area contributed by atoms with Crippen molar-refractivity contribution in [3.8, 4) is 0 Å². The van der Waals surface area contributed by atoms with Gasteiger partial charge >= 0.3 is 0 Å². The van der Waals surface area contributed by atoms with Crippen LogP contribution < -0.4 is 5.32 Å². The van der Waals surface area contributed by atoms with E-state index in [1.54, 1.807) is 11.3 Å². The van der Waals surface area contributed by atoms with E-state index in [4.69, 9.17) is 0 Å². The van der Waals surface area contributed by atoms with E-state index >= 15 is 0 Å². The van der Waals surface area contributed by atoms with Gasteiger partial charge in [-0.15, -0.1) is 11.3 Å². The summed E-state index contributed by atoms with van der Waals surface area (Å²) < 4.78 is 1.19. The monoisotopic (exact) mass is 310 g/mol. The first-order valence-corrected chi connectivity index (χ1v) is 8.14. The Labute approximate surface area is 134 Å². The highest BCUT2D eigenvalue weighted by Gasteiger charge is 2.07. The molecule has 0 aliphatic heterocycles. The smallest absolute Gasteiger partial charge is 0.251 e. The van der Waals surface area contributed by atoms with E-state index in [0.29, 0.717) is 6.54 Å². The van der Waals surface area contributed by atoms with Gasteiger partial charge in [0.05, 0.1) is 15.2 Å². The zero-order chi connectivity index (χ0) is 15.5. The number of carbonyl (C=O) groups is 1. The maximum atomic E-state index is 12.2. The molecule has 0 fully saturated rings. The molecule has 0 radical (unpaired) electrons. The number of hydrogen-bond donors (Lipinski definition) is 1. The minimum absolute atomic E-state index is 0.0205. The number of hydrogen-bond acceptors (Lipinski definition) is 3. The molecule has 1 amide bonds. The molecule has 2 aromatic carbocycles. The first kappa shape index (κ1) is 14.7. The fourth-order valence-corrected chi connectivity index (χ4v) is 3.48. The Morgan fingerprint density at radius 3 is 2.59 bits per heavy atom. The molecule has 1 heterocycles. The number of nitrogens with one attached hydrogen (secondary N) is 1. The van der Waals surface area contributed by atoms with Crippen molar-refractivity contribution in [3.63, 3.8) is 0 Å². The zero-order valence-electron chi connectivity index (χ0n) is 12.7. The highest BCUT2D eigenvalue weighted by atomic mass is 32.1. The number of fused-ring (bicyclic) bond motifs is 1. The molecule has 0 bridgehead atoms. The second-order valence-corrected chi connectivity index (χ2v) is 6.57. The normalized spacial score (nSPS) is 10.8. The molecule has 3 nitrogen and oxygen atoms in total. The molecule has 1 aromatic heterocycles. The van der Waals surface area contributed by atoms with Gasteiger partial charge in [0, 0.05) is 18.5 Å². The van der Waals surface area contributed by atoms with E-state index in [1.165, 1.54) is 4.70 Å². The lowest BCUT2D eigenvalue weighted by Crippen LogP contribution is -2.25. The van der Waals surface area contributed by atoms with Gasteiger partial charge in [0.2, 0.25) is 0 Å². The summed E-state index contributed by atoms with van der Waals surface area (Å²) in [5.74, 6) is -0.0205. The van der Waals surface area contributed by atoms with Gasteiger partial charge in [-0.2, -0.15) is 0 Å². The fraction of sp³-hybridized carbons (Fsp3) is 0.222. The van der Waals surface area contributed by atoms with Crippen molar-refractivity contribution >= 4 is 27.5 Å². The molecule has 0 aliphatic carbocycles. The summed E-state index contributed by atoms with van der Waals surface area (Å²) in [6.07, 6.45) is 0.760. The average molecular weight is 310 g/mol. The quantitative estimate of drug-likeness (QED) is 0.794. The largest absolute Gasteiger partial charge is 0.352 e. The van der Waals surface area contributed by atoms with Gasteiger partial charge in [-0.3, -0.25) is 4.79 Å². The van der Waals surface area contributed by atoms with Crippen LogP contribution in [-0.2, 0) is 6.42 Å². The lowest BCUT2D eigenvalue weighted by molar-refractivity contribution is 0.0954. The second kappa shape index (κ2) is 6.28. The van der Waals surface area contributed by atoms with Crippen molar-refractivity contribution in [2.75, 3.05) is 6.54 Å². The van der Waals surface area contributed by atoms with Gasteiger partial charge in [0.25, 0.3) is 5.91 Å². The molecule has 0 spiro atoms. The summed E-state index contributed by atoms with van der Waals surface area (Å²) in [7, 11) is 0. The molecule has 0 saturated carbocycles.